The highest BCUT2D eigenvalue weighted by molar-refractivity contribution is 7.41. The fourth-order valence-electron chi connectivity index (χ4n) is 3.60. The summed E-state index contributed by atoms with van der Waals surface area (Å²) < 4.78 is 8.74. The van der Waals surface area contributed by atoms with Gasteiger partial charge in [0.25, 0.3) is 0 Å². The first-order chi connectivity index (χ1) is 13.3. The van der Waals surface area contributed by atoms with Crippen molar-refractivity contribution in [3.05, 3.63) is 65.1 Å². The van der Waals surface area contributed by atoms with Gasteiger partial charge in [0.05, 0.1) is 48.7 Å². The molecule has 3 aromatic heterocycles. The Labute approximate surface area is 156 Å². The summed E-state index contributed by atoms with van der Waals surface area (Å²) in [4.78, 5) is 31.9. The average Bonchev–Trinajstić information content (AvgIpc) is 2.93. The van der Waals surface area contributed by atoms with Crippen LogP contribution in [0.15, 0.2) is 53.7 Å². The van der Waals surface area contributed by atoms with Crippen molar-refractivity contribution in [2.45, 2.75) is 12.6 Å². The number of imidazole rings is 1. The molecular formula is C19H17N4O3P. The number of ether oxygens (including phenoxy) is 1. The fourth-order valence-corrected chi connectivity index (χ4v) is 4.22. The third kappa shape index (κ3) is 2.58. The largest absolute Gasteiger partial charge is 0.377 e. The highest BCUT2D eigenvalue weighted by atomic mass is 31.1. The van der Waals surface area contributed by atoms with E-state index in [1.165, 1.54) is 0 Å². The molecule has 7 nitrogen and oxygen atoms in total. The van der Waals surface area contributed by atoms with Crippen LogP contribution in [0.4, 0.5) is 0 Å². The van der Waals surface area contributed by atoms with Crippen LogP contribution < -0.4 is 11.0 Å². The highest BCUT2D eigenvalue weighted by Crippen LogP contribution is 2.23. The van der Waals surface area contributed by atoms with Crippen LogP contribution in [-0.2, 0) is 11.3 Å². The molecule has 1 saturated heterocycles. The van der Waals surface area contributed by atoms with Gasteiger partial charge < -0.3 is 9.63 Å². The van der Waals surface area contributed by atoms with E-state index in [0.717, 1.165) is 27.1 Å². The Morgan fingerprint density at radius 3 is 2.81 bits per heavy atom. The Hall–Kier alpha value is -2.60. The van der Waals surface area contributed by atoms with Crippen LogP contribution in [0.5, 0.6) is 0 Å². The molecule has 1 aliphatic heterocycles. The van der Waals surface area contributed by atoms with E-state index in [-0.39, 0.29) is 18.3 Å². The molecule has 4 heterocycles. The van der Waals surface area contributed by atoms with Gasteiger partial charge >= 0.3 is 5.69 Å². The van der Waals surface area contributed by atoms with Crippen LogP contribution >= 0.6 is 8.81 Å². The normalized spacial score (nSPS) is 15.1. The molecule has 136 valence electrons. The Kier molecular flexibility index (Phi) is 4.01. The third-order valence-electron chi connectivity index (χ3n) is 5.05. The van der Waals surface area contributed by atoms with Gasteiger partial charge in [0.15, 0.2) is 0 Å². The Morgan fingerprint density at radius 1 is 1.19 bits per heavy atom. The van der Waals surface area contributed by atoms with Crippen molar-refractivity contribution in [2.75, 3.05) is 13.2 Å². The van der Waals surface area contributed by atoms with Gasteiger partial charge in [0.2, 0.25) is 0 Å². The van der Waals surface area contributed by atoms with E-state index < -0.39 is 8.81 Å². The summed E-state index contributed by atoms with van der Waals surface area (Å²) in [7, 11) is -0.399. The van der Waals surface area contributed by atoms with E-state index in [9.17, 15) is 9.69 Å². The second-order valence-corrected chi connectivity index (χ2v) is 7.30. The lowest BCUT2D eigenvalue weighted by Gasteiger charge is -2.27. The fraction of sp³-hybridized carbons (Fsp3) is 0.211. The molecule has 1 aliphatic rings. The average molecular weight is 380 g/mol. The highest BCUT2D eigenvalue weighted by Gasteiger charge is 2.26. The molecule has 0 amide bonds. The lowest BCUT2D eigenvalue weighted by molar-refractivity contribution is -0.0231. The summed E-state index contributed by atoms with van der Waals surface area (Å²) in [6.07, 6.45) is 5.18. The molecule has 0 saturated carbocycles. The van der Waals surface area contributed by atoms with Crippen molar-refractivity contribution in [3.63, 3.8) is 0 Å². The van der Waals surface area contributed by atoms with Crippen LogP contribution in [0.1, 0.15) is 11.7 Å². The van der Waals surface area contributed by atoms with E-state index in [1.54, 1.807) is 27.7 Å². The number of nitrogens with zero attached hydrogens (tertiary/aromatic N) is 4. The van der Waals surface area contributed by atoms with Gasteiger partial charge in [-0.2, -0.15) is 0 Å². The van der Waals surface area contributed by atoms with Crippen LogP contribution in [-0.4, -0.2) is 37.2 Å². The van der Waals surface area contributed by atoms with Crippen molar-refractivity contribution in [2.24, 2.45) is 0 Å². The quantitative estimate of drug-likeness (QED) is 0.544. The molecule has 0 bridgehead atoms. The third-order valence-corrected chi connectivity index (χ3v) is 5.83. The molecule has 1 N–H and O–H groups in total. The monoisotopic (exact) mass is 380 g/mol. The maximum atomic E-state index is 13.1. The predicted molar refractivity (Wildman–Crippen MR) is 105 cm³/mol. The summed E-state index contributed by atoms with van der Waals surface area (Å²) in [6.45, 7) is 1.37. The van der Waals surface area contributed by atoms with Crippen molar-refractivity contribution in [1.29, 1.82) is 0 Å². The standard InChI is InChI=1S/C19H17N4O3P/c24-19-22(17-8-20-6-5-16(17)23(19)13-10-26-11-13)9-15-18(27-25)14-4-2-1-3-12(14)7-21-15/h1-8,13,25,27H,9-11H2. The zero-order valence-electron chi connectivity index (χ0n) is 14.4. The molecule has 1 aromatic carbocycles. The van der Waals surface area contributed by atoms with Crippen LogP contribution in [0.25, 0.3) is 21.8 Å². The van der Waals surface area contributed by atoms with Gasteiger partial charge in [0, 0.05) is 31.9 Å². The first kappa shape index (κ1) is 16.6. The van der Waals surface area contributed by atoms with E-state index in [1.807, 2.05) is 30.3 Å². The number of rotatable bonds is 4. The number of benzene rings is 1. The molecular weight excluding hydrogens is 363 g/mol. The van der Waals surface area contributed by atoms with Crippen LogP contribution in [0, 0.1) is 0 Å². The van der Waals surface area contributed by atoms with E-state index in [4.69, 9.17) is 4.74 Å². The lowest BCUT2D eigenvalue weighted by atomic mass is 10.1. The number of aromatic nitrogens is 4. The minimum Gasteiger partial charge on any atom is -0.377 e. The van der Waals surface area contributed by atoms with Crippen molar-refractivity contribution < 1.29 is 9.63 Å². The molecule has 0 spiro atoms. The molecule has 8 heteroatoms. The topological polar surface area (TPSA) is 82.2 Å². The SMILES string of the molecule is O=c1n(Cc2ncc3ccccc3c2PO)c2cnccc2n1C1COC1. The second kappa shape index (κ2) is 6.53. The molecule has 0 radical (unpaired) electrons. The van der Waals surface area contributed by atoms with Gasteiger partial charge in [-0.15, -0.1) is 0 Å². The molecule has 1 unspecified atom stereocenters. The minimum atomic E-state index is -0.399. The Morgan fingerprint density at radius 2 is 2.04 bits per heavy atom. The van der Waals surface area contributed by atoms with E-state index in [2.05, 4.69) is 9.97 Å². The smallest absolute Gasteiger partial charge is 0.329 e. The second-order valence-electron chi connectivity index (χ2n) is 6.57. The van der Waals surface area contributed by atoms with E-state index >= 15 is 0 Å². The zero-order chi connectivity index (χ0) is 18.4. The van der Waals surface area contributed by atoms with Crippen molar-refractivity contribution in [1.82, 2.24) is 19.1 Å². The van der Waals surface area contributed by atoms with Gasteiger partial charge in [-0.25, -0.2) is 4.79 Å². The van der Waals surface area contributed by atoms with Crippen LogP contribution in [0.3, 0.4) is 0 Å². The minimum absolute atomic E-state index is 0.0485. The molecule has 4 aromatic rings. The van der Waals surface area contributed by atoms with Crippen molar-refractivity contribution >= 4 is 35.9 Å². The first-order valence-corrected chi connectivity index (χ1v) is 9.62. The molecule has 1 fully saturated rings. The molecule has 5 rings (SSSR count). The number of pyridine rings is 2. The zero-order valence-corrected chi connectivity index (χ0v) is 15.4. The van der Waals surface area contributed by atoms with Gasteiger partial charge in [0.1, 0.15) is 0 Å². The molecule has 0 aliphatic carbocycles. The summed E-state index contributed by atoms with van der Waals surface area (Å²) >= 11 is 0. The number of fused-ring (bicyclic) bond motifs is 2. The Bertz CT molecular complexity index is 1210. The van der Waals surface area contributed by atoms with Gasteiger partial charge in [-0.05, 0) is 11.5 Å². The summed E-state index contributed by atoms with van der Waals surface area (Å²) in [5, 5.41) is 2.71. The first-order valence-electron chi connectivity index (χ1n) is 8.67. The maximum Gasteiger partial charge on any atom is 0.329 e. The summed E-state index contributed by atoms with van der Waals surface area (Å²) in [5.41, 5.74) is 2.20. The Balaban J connectivity index is 1.69. The van der Waals surface area contributed by atoms with Crippen LogP contribution in [0.2, 0.25) is 0 Å². The summed E-state index contributed by atoms with van der Waals surface area (Å²) in [6, 6.07) is 9.72. The molecule has 27 heavy (non-hydrogen) atoms. The van der Waals surface area contributed by atoms with Crippen molar-refractivity contribution in [3.8, 4) is 0 Å². The number of hydrogen-bond acceptors (Lipinski definition) is 5. The number of hydrogen-bond donors (Lipinski definition) is 1. The molecule has 1 atom stereocenters. The van der Waals surface area contributed by atoms with Gasteiger partial charge in [-0.1, -0.05) is 24.3 Å². The lowest BCUT2D eigenvalue weighted by Crippen LogP contribution is -2.38. The maximum absolute atomic E-state index is 13.1. The predicted octanol–water partition coefficient (Wildman–Crippen LogP) is 1.58. The van der Waals surface area contributed by atoms with E-state index in [0.29, 0.717) is 18.9 Å². The summed E-state index contributed by atoms with van der Waals surface area (Å²) in [5.74, 6) is 0. The van der Waals surface area contributed by atoms with Gasteiger partial charge in [-0.3, -0.25) is 19.1 Å².